The molecule has 7 heteroatoms. The molecule has 0 spiro atoms. The van der Waals surface area contributed by atoms with Crippen LogP contribution in [0.2, 0.25) is 0 Å². The molecule has 3 nitrogen and oxygen atoms in total. The van der Waals surface area contributed by atoms with Gasteiger partial charge < -0.3 is 16.5 Å². The van der Waals surface area contributed by atoms with Crippen LogP contribution >= 0.6 is 15.9 Å². The third-order valence-corrected chi connectivity index (χ3v) is 4.36. The Labute approximate surface area is 182 Å². The number of hydrogen-bond acceptors (Lipinski definition) is 3. The van der Waals surface area contributed by atoms with Gasteiger partial charge in [0.15, 0.2) is 0 Å². The quantitative estimate of drug-likeness (QED) is 0.309. The third kappa shape index (κ3) is 12.4. The first-order chi connectivity index (χ1) is 13.9. The van der Waals surface area contributed by atoms with Crippen molar-refractivity contribution in [2.75, 3.05) is 12.9 Å². The van der Waals surface area contributed by atoms with E-state index in [0.717, 1.165) is 28.4 Å². The highest BCUT2D eigenvalue weighted by Crippen LogP contribution is 2.32. The van der Waals surface area contributed by atoms with Gasteiger partial charge in [0.25, 0.3) is 0 Å². The standard InChI is InChI=1S/C15H19BrN2.C4H7F2N.C2H6.CH3F/c1-2-8-18-13-5-3-4-11(9-13)14-10-12(16)6-7-15(14)17;1-3(2-7)4(5)6;2*1-2/h2,6-10,13,18H,3-5,17H2,1H3;2-4,7H,1H3;1-2H3;1H3/b8-2+;;;. The lowest BCUT2D eigenvalue weighted by Gasteiger charge is -2.22. The maximum atomic E-state index is 11.3. The predicted molar refractivity (Wildman–Crippen MR) is 124 cm³/mol. The predicted octanol–water partition coefficient (Wildman–Crippen LogP) is 7.24. The number of nitrogen functional groups attached to an aromatic ring is 1. The number of anilines is 1. The number of halogens is 4. The SMILES string of the molecule is C/C=C/NC1C=C(c2cc(Br)ccc2N)CCC1.CC.CC(C=N)C(F)F.CF. The summed E-state index contributed by atoms with van der Waals surface area (Å²) in [7, 11) is 0.500. The molecule has 0 aromatic heterocycles. The molecule has 0 amide bonds. The first kappa shape index (κ1) is 29.4. The van der Waals surface area contributed by atoms with Crippen molar-refractivity contribution in [2.24, 2.45) is 5.92 Å². The highest BCUT2D eigenvalue weighted by atomic mass is 79.9. The van der Waals surface area contributed by atoms with E-state index in [1.165, 1.54) is 25.3 Å². The fourth-order valence-corrected chi connectivity index (χ4v) is 2.74. The lowest BCUT2D eigenvalue weighted by molar-refractivity contribution is 0.118. The molecular weight excluding hydrogens is 443 g/mol. The van der Waals surface area contributed by atoms with E-state index in [2.05, 4.69) is 33.4 Å². The Balaban J connectivity index is 0. The van der Waals surface area contributed by atoms with Gasteiger partial charge in [-0.25, -0.2) is 8.78 Å². The molecule has 1 aromatic rings. The van der Waals surface area contributed by atoms with Gasteiger partial charge >= 0.3 is 0 Å². The molecule has 2 atom stereocenters. The number of nitrogens with two attached hydrogens (primary N) is 1. The Bertz CT molecular complexity index is 619. The smallest absolute Gasteiger partial charge is 0.246 e. The third-order valence-electron chi connectivity index (χ3n) is 3.86. The molecule has 0 saturated heterocycles. The molecule has 29 heavy (non-hydrogen) atoms. The van der Waals surface area contributed by atoms with E-state index in [1.807, 2.05) is 45.2 Å². The lowest BCUT2D eigenvalue weighted by atomic mass is 9.90. The van der Waals surface area contributed by atoms with Gasteiger partial charge in [-0.3, -0.25) is 4.39 Å². The minimum atomic E-state index is -2.38. The lowest BCUT2D eigenvalue weighted by Crippen LogP contribution is -2.24. The molecule has 0 bridgehead atoms. The molecule has 0 heterocycles. The number of nitrogens with one attached hydrogen (secondary N) is 2. The van der Waals surface area contributed by atoms with Crippen LogP contribution in [0.4, 0.5) is 18.9 Å². The molecule has 0 aliphatic heterocycles. The van der Waals surface area contributed by atoms with E-state index in [-0.39, 0.29) is 0 Å². The van der Waals surface area contributed by atoms with E-state index in [1.54, 1.807) is 0 Å². The first-order valence-electron chi connectivity index (χ1n) is 9.68. The van der Waals surface area contributed by atoms with Crippen molar-refractivity contribution < 1.29 is 13.2 Å². The molecule has 2 rings (SSSR count). The van der Waals surface area contributed by atoms with Crippen LogP contribution in [0.3, 0.4) is 0 Å². The number of hydrogen-bond donors (Lipinski definition) is 3. The maximum absolute atomic E-state index is 11.3. The second-order valence-corrected chi connectivity index (χ2v) is 6.86. The monoisotopic (exact) mass is 477 g/mol. The zero-order chi connectivity index (χ0) is 22.8. The van der Waals surface area contributed by atoms with Crippen LogP contribution in [0.15, 0.2) is 41.0 Å². The van der Waals surface area contributed by atoms with Crippen molar-refractivity contribution in [3.05, 3.63) is 46.6 Å². The van der Waals surface area contributed by atoms with Crippen molar-refractivity contribution in [3.8, 4) is 0 Å². The van der Waals surface area contributed by atoms with Crippen molar-refractivity contribution in [1.29, 1.82) is 5.41 Å². The summed E-state index contributed by atoms with van der Waals surface area (Å²) in [6, 6.07) is 6.48. The Morgan fingerprint density at radius 3 is 2.38 bits per heavy atom. The summed E-state index contributed by atoms with van der Waals surface area (Å²) in [5.41, 5.74) is 9.44. The van der Waals surface area contributed by atoms with Gasteiger partial charge in [-0.15, -0.1) is 0 Å². The Morgan fingerprint density at radius 1 is 1.28 bits per heavy atom. The number of allylic oxidation sites excluding steroid dienone is 2. The highest BCUT2D eigenvalue weighted by Gasteiger charge is 2.15. The van der Waals surface area contributed by atoms with Gasteiger partial charge in [0, 0.05) is 28.0 Å². The van der Waals surface area contributed by atoms with Crippen molar-refractivity contribution in [2.45, 2.75) is 59.4 Å². The van der Waals surface area contributed by atoms with Gasteiger partial charge in [0.05, 0.1) is 13.1 Å². The molecule has 1 aliphatic carbocycles. The van der Waals surface area contributed by atoms with Gasteiger partial charge in [0.2, 0.25) is 6.43 Å². The summed E-state index contributed by atoms with van der Waals surface area (Å²) < 4.78 is 33.1. The summed E-state index contributed by atoms with van der Waals surface area (Å²) in [5.74, 6) is -0.889. The molecule has 4 N–H and O–H groups in total. The molecule has 166 valence electrons. The average Bonchev–Trinajstić information content (AvgIpc) is 2.76. The van der Waals surface area contributed by atoms with E-state index in [4.69, 9.17) is 11.1 Å². The van der Waals surface area contributed by atoms with E-state index in [0.29, 0.717) is 13.2 Å². The van der Waals surface area contributed by atoms with Crippen LogP contribution in [0, 0.1) is 11.3 Å². The molecule has 0 fully saturated rings. The summed E-state index contributed by atoms with van der Waals surface area (Å²) in [6.45, 7) is 7.32. The molecule has 1 aliphatic rings. The largest absolute Gasteiger partial charge is 0.398 e. The Morgan fingerprint density at radius 2 is 1.90 bits per heavy atom. The fourth-order valence-electron chi connectivity index (χ4n) is 2.38. The van der Waals surface area contributed by atoms with Crippen molar-refractivity contribution in [1.82, 2.24) is 5.32 Å². The second kappa shape index (κ2) is 18.3. The normalized spacial score (nSPS) is 16.2. The Hall–Kier alpha value is -1.76. The van der Waals surface area contributed by atoms with Crippen LogP contribution in [0.5, 0.6) is 0 Å². The number of alkyl halides is 3. The Kier molecular flexibility index (Phi) is 18.6. The van der Waals surface area contributed by atoms with Crippen LogP contribution < -0.4 is 11.1 Å². The van der Waals surface area contributed by atoms with Gasteiger partial charge in [-0.2, -0.15) is 0 Å². The second-order valence-electron chi connectivity index (χ2n) is 5.95. The first-order valence-corrected chi connectivity index (χ1v) is 10.5. The zero-order valence-corrected chi connectivity index (χ0v) is 19.6. The van der Waals surface area contributed by atoms with Crippen molar-refractivity contribution in [3.63, 3.8) is 0 Å². The minimum absolute atomic E-state index is 0.420. The number of rotatable bonds is 5. The summed E-state index contributed by atoms with van der Waals surface area (Å²) in [6.07, 6.45) is 8.19. The summed E-state index contributed by atoms with van der Waals surface area (Å²) in [5, 5.41) is 9.73. The topological polar surface area (TPSA) is 61.9 Å². The van der Waals surface area contributed by atoms with Crippen molar-refractivity contribution >= 4 is 33.4 Å². The van der Waals surface area contributed by atoms with Crippen LogP contribution in [-0.4, -0.2) is 25.9 Å². The molecule has 0 saturated carbocycles. The van der Waals surface area contributed by atoms with Crippen LogP contribution in [0.1, 0.15) is 52.5 Å². The minimum Gasteiger partial charge on any atom is -0.398 e. The van der Waals surface area contributed by atoms with Crippen LogP contribution in [0.25, 0.3) is 5.57 Å². The van der Waals surface area contributed by atoms with Gasteiger partial charge in [0.1, 0.15) is 0 Å². The highest BCUT2D eigenvalue weighted by molar-refractivity contribution is 9.10. The van der Waals surface area contributed by atoms with Crippen LogP contribution in [-0.2, 0) is 0 Å². The summed E-state index contributed by atoms with van der Waals surface area (Å²) in [4.78, 5) is 0. The van der Waals surface area contributed by atoms with E-state index in [9.17, 15) is 13.2 Å². The van der Waals surface area contributed by atoms with Gasteiger partial charge in [-0.05, 0) is 56.2 Å². The van der Waals surface area contributed by atoms with Gasteiger partial charge in [-0.1, -0.05) is 48.9 Å². The molecular formula is C22H35BrF3N3. The number of benzene rings is 1. The van der Waals surface area contributed by atoms with E-state index >= 15 is 0 Å². The zero-order valence-electron chi connectivity index (χ0n) is 18.0. The molecule has 2 unspecified atom stereocenters. The fraction of sp³-hybridized carbons (Fsp3) is 0.500. The maximum Gasteiger partial charge on any atom is 0.246 e. The van der Waals surface area contributed by atoms with E-state index < -0.39 is 12.3 Å². The average molecular weight is 478 g/mol. The summed E-state index contributed by atoms with van der Waals surface area (Å²) >= 11 is 3.51. The molecule has 1 aromatic carbocycles. The molecule has 0 radical (unpaired) electrons.